The van der Waals surface area contributed by atoms with Gasteiger partial charge in [0, 0.05) is 53.9 Å². The van der Waals surface area contributed by atoms with Crippen molar-refractivity contribution < 1.29 is 14.3 Å². The van der Waals surface area contributed by atoms with Crippen molar-refractivity contribution in [3.05, 3.63) is 0 Å². The molecule has 1 heterocycles. The van der Waals surface area contributed by atoms with Crippen LogP contribution in [0.15, 0.2) is 0 Å². The number of methoxy groups -OCH3 is 1. The van der Waals surface area contributed by atoms with Gasteiger partial charge in [-0.1, -0.05) is 0 Å². The van der Waals surface area contributed by atoms with Crippen molar-refractivity contribution in [2.45, 2.75) is 12.5 Å². The van der Waals surface area contributed by atoms with Crippen LogP contribution in [0.4, 0.5) is 4.79 Å². The summed E-state index contributed by atoms with van der Waals surface area (Å²) in [6.07, 6.45) is 0.0724. The van der Waals surface area contributed by atoms with Gasteiger partial charge in [0.2, 0.25) is 5.91 Å². The van der Waals surface area contributed by atoms with Crippen molar-refractivity contribution in [1.82, 2.24) is 14.7 Å². The Bertz CT molecular complexity index is 310. The normalized spacial score (nSPS) is 17.3. The fraction of sp³-hybridized carbons (Fsp3) is 0.833. The molecule has 1 saturated heterocycles. The summed E-state index contributed by atoms with van der Waals surface area (Å²) in [5.41, 5.74) is 5.50. The van der Waals surface area contributed by atoms with E-state index in [9.17, 15) is 9.59 Å². The van der Waals surface area contributed by atoms with Gasteiger partial charge in [0.1, 0.15) is 0 Å². The second-order valence-corrected chi connectivity index (χ2v) is 4.84. The van der Waals surface area contributed by atoms with Gasteiger partial charge >= 0.3 is 6.03 Å². The Hall–Kier alpha value is -1.34. The minimum Gasteiger partial charge on any atom is -0.380 e. The second kappa shape index (κ2) is 7.30. The topological polar surface area (TPSA) is 79.1 Å². The molecule has 1 unspecified atom stereocenters. The Morgan fingerprint density at radius 1 is 1.21 bits per heavy atom. The number of amides is 3. The molecule has 19 heavy (non-hydrogen) atoms. The van der Waals surface area contributed by atoms with E-state index in [1.165, 1.54) is 0 Å². The first-order chi connectivity index (χ1) is 8.99. The zero-order chi connectivity index (χ0) is 14.4. The van der Waals surface area contributed by atoms with Gasteiger partial charge in [0.05, 0.1) is 12.5 Å². The van der Waals surface area contributed by atoms with Crippen LogP contribution >= 0.6 is 0 Å². The van der Waals surface area contributed by atoms with Crippen molar-refractivity contribution in [3.8, 4) is 0 Å². The van der Waals surface area contributed by atoms with Crippen molar-refractivity contribution in [2.75, 3.05) is 53.9 Å². The molecule has 3 amide bonds. The van der Waals surface area contributed by atoms with Gasteiger partial charge in [-0.25, -0.2) is 4.79 Å². The highest BCUT2D eigenvalue weighted by Gasteiger charge is 2.25. The predicted molar refractivity (Wildman–Crippen MR) is 71.7 cm³/mol. The Morgan fingerprint density at radius 3 is 2.16 bits per heavy atom. The SMILES string of the molecule is COC(CN)CC(=O)N1CCN(C(=O)N(C)C)CC1. The van der Waals surface area contributed by atoms with E-state index in [1.807, 2.05) is 0 Å². The molecule has 7 nitrogen and oxygen atoms in total. The molecule has 0 aromatic heterocycles. The Labute approximate surface area is 114 Å². The standard InChI is InChI=1S/C12H24N4O3/c1-14(2)12(18)16-6-4-15(5-7-16)11(17)8-10(9-13)19-3/h10H,4-9,13H2,1-3H3. The average Bonchev–Trinajstić information content (AvgIpc) is 2.43. The third-order valence-corrected chi connectivity index (χ3v) is 3.28. The van der Waals surface area contributed by atoms with Crippen LogP contribution in [0.3, 0.4) is 0 Å². The summed E-state index contributed by atoms with van der Waals surface area (Å²) in [4.78, 5) is 28.8. The number of hydrogen-bond donors (Lipinski definition) is 1. The van der Waals surface area contributed by atoms with E-state index in [4.69, 9.17) is 10.5 Å². The number of piperazine rings is 1. The van der Waals surface area contributed by atoms with Crippen LogP contribution in [0.25, 0.3) is 0 Å². The predicted octanol–water partition coefficient (Wildman–Crippen LogP) is -0.824. The number of rotatable bonds is 4. The van der Waals surface area contributed by atoms with Crippen molar-refractivity contribution in [3.63, 3.8) is 0 Å². The number of carbonyl (C=O) groups excluding carboxylic acids is 2. The van der Waals surface area contributed by atoms with Gasteiger partial charge < -0.3 is 25.2 Å². The quantitative estimate of drug-likeness (QED) is 0.725. The molecule has 0 bridgehead atoms. The molecule has 7 heteroatoms. The van der Waals surface area contributed by atoms with Gasteiger partial charge in [-0.15, -0.1) is 0 Å². The largest absolute Gasteiger partial charge is 0.380 e. The molecule has 1 aliphatic heterocycles. The first-order valence-corrected chi connectivity index (χ1v) is 6.46. The fourth-order valence-corrected chi connectivity index (χ4v) is 2.02. The van der Waals surface area contributed by atoms with E-state index in [1.54, 1.807) is 35.9 Å². The average molecular weight is 272 g/mol. The van der Waals surface area contributed by atoms with Crippen LogP contribution in [0.5, 0.6) is 0 Å². The third-order valence-electron chi connectivity index (χ3n) is 3.28. The maximum absolute atomic E-state index is 12.0. The highest BCUT2D eigenvalue weighted by molar-refractivity contribution is 5.78. The Balaban J connectivity index is 2.41. The first-order valence-electron chi connectivity index (χ1n) is 6.46. The smallest absolute Gasteiger partial charge is 0.319 e. The van der Waals surface area contributed by atoms with Gasteiger partial charge in [-0.2, -0.15) is 0 Å². The van der Waals surface area contributed by atoms with Crippen molar-refractivity contribution in [1.29, 1.82) is 0 Å². The molecule has 0 aliphatic carbocycles. The highest BCUT2D eigenvalue weighted by atomic mass is 16.5. The molecule has 1 rings (SSSR count). The lowest BCUT2D eigenvalue weighted by Crippen LogP contribution is -2.53. The van der Waals surface area contributed by atoms with Crippen molar-refractivity contribution in [2.24, 2.45) is 5.73 Å². The van der Waals surface area contributed by atoms with Crippen LogP contribution in [0.2, 0.25) is 0 Å². The maximum atomic E-state index is 12.0. The zero-order valence-corrected chi connectivity index (χ0v) is 12.0. The molecule has 0 aromatic carbocycles. The number of urea groups is 1. The molecule has 1 atom stereocenters. The van der Waals surface area contributed by atoms with E-state index in [0.29, 0.717) is 39.1 Å². The van der Waals surface area contributed by atoms with Gasteiger partial charge in [0.25, 0.3) is 0 Å². The third kappa shape index (κ3) is 4.36. The highest BCUT2D eigenvalue weighted by Crippen LogP contribution is 2.07. The lowest BCUT2D eigenvalue weighted by Gasteiger charge is -2.36. The molecular weight excluding hydrogens is 248 g/mol. The second-order valence-electron chi connectivity index (χ2n) is 4.84. The molecule has 0 aromatic rings. The fourth-order valence-electron chi connectivity index (χ4n) is 2.02. The van der Waals surface area contributed by atoms with Crippen LogP contribution in [0, 0.1) is 0 Å². The molecule has 2 N–H and O–H groups in total. The number of ether oxygens (including phenoxy) is 1. The number of hydrogen-bond acceptors (Lipinski definition) is 4. The Kier molecular flexibility index (Phi) is 6.04. The van der Waals surface area contributed by atoms with Crippen LogP contribution in [-0.2, 0) is 9.53 Å². The van der Waals surface area contributed by atoms with Crippen LogP contribution < -0.4 is 5.73 Å². The summed E-state index contributed by atoms with van der Waals surface area (Å²) in [7, 11) is 5.01. The summed E-state index contributed by atoms with van der Waals surface area (Å²) < 4.78 is 5.11. The molecule has 1 fully saturated rings. The summed E-state index contributed by atoms with van der Waals surface area (Å²) >= 11 is 0. The summed E-state index contributed by atoms with van der Waals surface area (Å²) in [6, 6.07) is -0.0103. The monoisotopic (exact) mass is 272 g/mol. The number of carbonyl (C=O) groups is 2. The molecule has 110 valence electrons. The van der Waals surface area contributed by atoms with E-state index < -0.39 is 0 Å². The maximum Gasteiger partial charge on any atom is 0.319 e. The Morgan fingerprint density at radius 2 is 1.74 bits per heavy atom. The van der Waals surface area contributed by atoms with E-state index in [0.717, 1.165) is 0 Å². The van der Waals surface area contributed by atoms with E-state index >= 15 is 0 Å². The summed E-state index contributed by atoms with van der Waals surface area (Å²) in [5.74, 6) is 0.0363. The van der Waals surface area contributed by atoms with Crippen LogP contribution in [-0.4, -0.2) is 86.7 Å². The molecule has 0 spiro atoms. The lowest BCUT2D eigenvalue weighted by atomic mass is 10.2. The van der Waals surface area contributed by atoms with Gasteiger partial charge in [0.15, 0.2) is 0 Å². The molecule has 1 aliphatic rings. The van der Waals surface area contributed by atoms with Gasteiger partial charge in [-0.05, 0) is 0 Å². The number of nitrogens with two attached hydrogens (primary N) is 1. The van der Waals surface area contributed by atoms with Gasteiger partial charge in [-0.3, -0.25) is 4.79 Å². The molecule has 0 radical (unpaired) electrons. The van der Waals surface area contributed by atoms with E-state index in [-0.39, 0.29) is 18.0 Å². The minimum absolute atomic E-state index is 0.0103. The molecular formula is C12H24N4O3. The minimum atomic E-state index is -0.228. The first kappa shape index (κ1) is 15.7. The number of nitrogens with zero attached hydrogens (tertiary/aromatic N) is 3. The molecule has 0 saturated carbocycles. The summed E-state index contributed by atoms with van der Waals surface area (Å²) in [5, 5.41) is 0. The zero-order valence-electron chi connectivity index (χ0n) is 12.0. The summed E-state index contributed by atoms with van der Waals surface area (Å²) in [6.45, 7) is 2.62. The van der Waals surface area contributed by atoms with E-state index in [2.05, 4.69) is 0 Å². The van der Waals surface area contributed by atoms with Crippen LogP contribution in [0.1, 0.15) is 6.42 Å². The van der Waals surface area contributed by atoms with Crippen molar-refractivity contribution >= 4 is 11.9 Å². The lowest BCUT2D eigenvalue weighted by molar-refractivity contribution is -0.135.